The first-order chi connectivity index (χ1) is 14.2. The van der Waals surface area contributed by atoms with E-state index in [1.807, 2.05) is 12.2 Å². The van der Waals surface area contributed by atoms with Crippen molar-refractivity contribution in [2.75, 3.05) is 33.2 Å². The highest BCUT2D eigenvalue weighted by Crippen LogP contribution is 2.12. The second-order valence-corrected chi connectivity index (χ2v) is 8.37. The topological polar surface area (TPSA) is 35.4 Å². The zero-order chi connectivity index (χ0) is 21.2. The van der Waals surface area contributed by atoms with E-state index in [4.69, 9.17) is 0 Å². The van der Waals surface area contributed by atoms with E-state index < -0.39 is 0 Å². The lowest BCUT2D eigenvalue weighted by Crippen LogP contribution is -2.37. The number of hydrogen-bond donors (Lipinski definition) is 1. The van der Waals surface area contributed by atoms with Crippen LogP contribution in [0.1, 0.15) is 89.9 Å². The van der Waals surface area contributed by atoms with Crippen molar-refractivity contribution in [2.24, 2.45) is 0 Å². The highest BCUT2D eigenvalue weighted by molar-refractivity contribution is 5.78. The molecule has 1 aliphatic rings. The summed E-state index contributed by atoms with van der Waals surface area (Å²) in [5, 5.41) is 3.12. The minimum atomic E-state index is 0.213. The van der Waals surface area contributed by atoms with E-state index in [-0.39, 0.29) is 5.91 Å². The zero-order valence-corrected chi connectivity index (χ0v) is 19.1. The van der Waals surface area contributed by atoms with E-state index in [0.717, 1.165) is 58.3 Å². The molecule has 1 amide bonds. The summed E-state index contributed by atoms with van der Waals surface area (Å²) in [6.07, 6.45) is 20.5. The van der Waals surface area contributed by atoms with E-state index in [9.17, 15) is 4.79 Å². The molecule has 166 valence electrons. The van der Waals surface area contributed by atoms with Crippen LogP contribution >= 0.6 is 0 Å². The van der Waals surface area contributed by atoms with Gasteiger partial charge in [-0.1, -0.05) is 50.7 Å². The Labute approximate surface area is 180 Å². The maximum Gasteiger partial charge on any atom is 0.246 e. The summed E-state index contributed by atoms with van der Waals surface area (Å²) >= 11 is 0. The Balaban J connectivity index is 2.09. The summed E-state index contributed by atoms with van der Waals surface area (Å²) in [5.41, 5.74) is 0. The van der Waals surface area contributed by atoms with Crippen molar-refractivity contribution in [3.8, 4) is 0 Å². The van der Waals surface area contributed by atoms with E-state index >= 15 is 0 Å². The summed E-state index contributed by atoms with van der Waals surface area (Å²) < 4.78 is 2.39. The molecule has 0 aromatic heterocycles. The molecule has 1 heterocycles. The van der Waals surface area contributed by atoms with E-state index in [2.05, 4.69) is 35.0 Å². The van der Waals surface area contributed by atoms with Crippen molar-refractivity contribution >= 4 is 11.7 Å². The van der Waals surface area contributed by atoms with Crippen molar-refractivity contribution in [2.45, 2.75) is 89.9 Å². The normalized spacial score (nSPS) is 13.8. The third kappa shape index (κ3) is 12.6. The van der Waals surface area contributed by atoms with Gasteiger partial charge < -0.3 is 5.32 Å². The predicted octanol–water partition coefficient (Wildman–Crippen LogP) is 5.29. The monoisotopic (exact) mass is 404 g/mol. The molecular formula is C25H46N3O+. The second kappa shape index (κ2) is 17.3. The Morgan fingerprint density at radius 1 is 0.966 bits per heavy atom. The molecular weight excluding hydrogens is 358 g/mol. The molecule has 0 fully saturated rings. The molecule has 0 aromatic carbocycles. The number of carbonyl (C=O) groups is 1. The Bertz CT molecular complexity index is 498. The number of rotatable bonds is 19. The lowest BCUT2D eigenvalue weighted by Gasteiger charge is -2.14. The smallest absolute Gasteiger partial charge is 0.246 e. The van der Waals surface area contributed by atoms with Crippen LogP contribution in [0.5, 0.6) is 0 Å². The van der Waals surface area contributed by atoms with Crippen LogP contribution in [0.3, 0.4) is 0 Å². The number of hydrogen-bond acceptors (Lipinski definition) is 2. The van der Waals surface area contributed by atoms with Gasteiger partial charge in [0, 0.05) is 12.8 Å². The third-order valence-corrected chi connectivity index (χ3v) is 5.84. The molecule has 0 atom stereocenters. The SMILES string of the molecule is C=CCCCCCCCC(=O)NCCN1CC[N+](C)=C1CCCCCCCC=C. The molecule has 0 aromatic rings. The van der Waals surface area contributed by atoms with Crippen molar-refractivity contribution in [3.63, 3.8) is 0 Å². The molecule has 29 heavy (non-hydrogen) atoms. The first-order valence-corrected chi connectivity index (χ1v) is 12.0. The Hall–Kier alpha value is -1.58. The first-order valence-electron chi connectivity index (χ1n) is 12.0. The van der Waals surface area contributed by atoms with Gasteiger partial charge in [0.25, 0.3) is 0 Å². The summed E-state index contributed by atoms with van der Waals surface area (Å²) in [4.78, 5) is 14.5. The minimum absolute atomic E-state index is 0.213. The molecule has 0 radical (unpaired) electrons. The van der Waals surface area contributed by atoms with Gasteiger partial charge in [-0.25, -0.2) is 0 Å². The lowest BCUT2D eigenvalue weighted by molar-refractivity contribution is -0.487. The quantitative estimate of drug-likeness (QED) is 0.180. The Morgan fingerprint density at radius 3 is 2.21 bits per heavy atom. The van der Waals surface area contributed by atoms with Crippen molar-refractivity contribution in [3.05, 3.63) is 25.3 Å². The molecule has 1 N–H and O–H groups in total. The number of nitrogens with one attached hydrogen (secondary N) is 1. The van der Waals surface area contributed by atoms with Crippen molar-refractivity contribution < 1.29 is 9.37 Å². The second-order valence-electron chi connectivity index (χ2n) is 8.37. The molecule has 4 nitrogen and oxygen atoms in total. The van der Waals surface area contributed by atoms with Gasteiger partial charge in [0.15, 0.2) is 0 Å². The van der Waals surface area contributed by atoms with Gasteiger partial charge in [0.1, 0.15) is 19.6 Å². The fourth-order valence-corrected chi connectivity index (χ4v) is 3.99. The minimum Gasteiger partial charge on any atom is -0.352 e. The average Bonchev–Trinajstić information content (AvgIpc) is 3.06. The Morgan fingerprint density at radius 2 is 1.55 bits per heavy atom. The van der Waals surface area contributed by atoms with Gasteiger partial charge in [0.05, 0.1) is 13.6 Å². The van der Waals surface area contributed by atoms with Gasteiger partial charge >= 0.3 is 0 Å². The van der Waals surface area contributed by atoms with Gasteiger partial charge in [-0.15, -0.1) is 13.2 Å². The standard InChI is InChI=1S/C25H45N3O/c1-4-6-8-10-12-14-16-18-24(29)26-20-21-28-23-22-27(3)25(28)19-17-15-13-11-9-7-5-2/h4-5H,1-2,6-23H2,3H3/p+1. The largest absolute Gasteiger partial charge is 0.352 e. The van der Waals surface area contributed by atoms with Crippen molar-refractivity contribution in [1.82, 2.24) is 10.2 Å². The van der Waals surface area contributed by atoms with Crippen LogP contribution in [-0.2, 0) is 4.79 Å². The van der Waals surface area contributed by atoms with Crippen LogP contribution in [0, 0.1) is 0 Å². The van der Waals surface area contributed by atoms with Crippen LogP contribution in [0.25, 0.3) is 0 Å². The summed E-state index contributed by atoms with van der Waals surface area (Å²) in [6, 6.07) is 0. The van der Waals surface area contributed by atoms with Crippen LogP contribution in [-0.4, -0.2) is 54.4 Å². The van der Waals surface area contributed by atoms with Crippen LogP contribution in [0.15, 0.2) is 25.3 Å². The van der Waals surface area contributed by atoms with Crippen LogP contribution in [0.4, 0.5) is 0 Å². The number of likely N-dealkylation sites (N-methyl/N-ethyl adjacent to an activating group) is 1. The highest BCUT2D eigenvalue weighted by atomic mass is 16.1. The fourth-order valence-electron chi connectivity index (χ4n) is 3.99. The zero-order valence-electron chi connectivity index (χ0n) is 19.1. The third-order valence-electron chi connectivity index (χ3n) is 5.84. The molecule has 1 aliphatic heterocycles. The maximum atomic E-state index is 12.1. The predicted molar refractivity (Wildman–Crippen MR) is 126 cm³/mol. The highest BCUT2D eigenvalue weighted by Gasteiger charge is 2.27. The number of amides is 1. The van der Waals surface area contributed by atoms with Crippen molar-refractivity contribution in [1.29, 1.82) is 0 Å². The molecule has 0 saturated heterocycles. The molecule has 0 spiro atoms. The van der Waals surface area contributed by atoms with Gasteiger partial charge in [0.2, 0.25) is 11.7 Å². The Kier molecular flexibility index (Phi) is 15.2. The molecule has 0 saturated carbocycles. The first kappa shape index (κ1) is 25.5. The number of nitrogens with zero attached hydrogens (tertiary/aromatic N) is 2. The average molecular weight is 405 g/mol. The summed E-state index contributed by atoms with van der Waals surface area (Å²) in [6.45, 7) is 11.4. The number of allylic oxidation sites excluding steroid dienone is 2. The lowest BCUT2D eigenvalue weighted by atomic mass is 10.1. The summed E-state index contributed by atoms with van der Waals surface area (Å²) in [7, 11) is 2.20. The van der Waals surface area contributed by atoms with E-state index in [1.165, 1.54) is 57.2 Å². The molecule has 0 unspecified atom stereocenters. The maximum absolute atomic E-state index is 12.1. The summed E-state index contributed by atoms with van der Waals surface area (Å²) in [5.74, 6) is 1.68. The number of amidine groups is 1. The van der Waals surface area contributed by atoms with E-state index in [0.29, 0.717) is 6.42 Å². The van der Waals surface area contributed by atoms with Crippen LogP contribution in [0.2, 0.25) is 0 Å². The number of unbranched alkanes of at least 4 members (excludes halogenated alkanes) is 10. The molecule has 4 heteroatoms. The van der Waals surface area contributed by atoms with Crippen LogP contribution < -0.4 is 5.32 Å². The van der Waals surface area contributed by atoms with Gasteiger partial charge in [-0.2, -0.15) is 0 Å². The fraction of sp³-hybridized carbons (Fsp3) is 0.760. The van der Waals surface area contributed by atoms with Gasteiger partial charge in [-0.05, 0) is 38.5 Å². The molecule has 0 bridgehead atoms. The van der Waals surface area contributed by atoms with Gasteiger partial charge in [-0.3, -0.25) is 14.3 Å². The molecule has 1 rings (SSSR count). The molecule has 0 aliphatic carbocycles. The number of carbonyl (C=O) groups excluding carboxylic acids is 1. The van der Waals surface area contributed by atoms with E-state index in [1.54, 1.807) is 0 Å².